The van der Waals surface area contributed by atoms with Gasteiger partial charge in [0.25, 0.3) is 5.91 Å². The molecular weight excluding hydrogens is 412 g/mol. The van der Waals surface area contributed by atoms with E-state index in [0.717, 1.165) is 11.4 Å². The van der Waals surface area contributed by atoms with E-state index in [9.17, 15) is 4.79 Å². The number of aryl methyl sites for hydroxylation is 2. The van der Waals surface area contributed by atoms with Crippen molar-refractivity contribution in [1.29, 1.82) is 0 Å². The van der Waals surface area contributed by atoms with Gasteiger partial charge < -0.3 is 14.8 Å². The summed E-state index contributed by atoms with van der Waals surface area (Å²) in [6, 6.07) is 8.84. The van der Waals surface area contributed by atoms with E-state index in [4.69, 9.17) is 9.47 Å². The molecule has 1 aromatic carbocycles. The molecular formula is C19H19BrN4O3. The smallest absolute Gasteiger partial charge is 0.255 e. The molecule has 2 heterocycles. The number of ether oxygens (including phenoxy) is 2. The lowest BCUT2D eigenvalue weighted by Crippen LogP contribution is -2.13. The van der Waals surface area contributed by atoms with Crippen LogP contribution in [0.1, 0.15) is 21.7 Å². The summed E-state index contributed by atoms with van der Waals surface area (Å²) in [7, 11) is 3.06. The molecule has 0 atom stereocenters. The molecule has 0 bridgehead atoms. The highest BCUT2D eigenvalue weighted by atomic mass is 79.9. The molecule has 8 heteroatoms. The van der Waals surface area contributed by atoms with Gasteiger partial charge in [0.2, 0.25) is 0 Å². The molecule has 0 saturated heterocycles. The Hall–Kier alpha value is -2.87. The summed E-state index contributed by atoms with van der Waals surface area (Å²) in [6.07, 6.45) is 1.59. The Morgan fingerprint density at radius 1 is 1.11 bits per heavy atom. The number of hydrogen-bond acceptors (Lipinski definition) is 5. The predicted octanol–water partition coefficient (Wildman–Crippen LogP) is 3.92. The summed E-state index contributed by atoms with van der Waals surface area (Å²) in [5.74, 6) is 1.42. The van der Waals surface area contributed by atoms with Crippen molar-refractivity contribution in [3.63, 3.8) is 0 Å². The second-order valence-corrected chi connectivity index (χ2v) is 6.69. The molecule has 0 spiro atoms. The van der Waals surface area contributed by atoms with Crippen molar-refractivity contribution in [3.05, 3.63) is 58.0 Å². The number of nitrogens with one attached hydrogen (secondary N) is 1. The van der Waals surface area contributed by atoms with Crippen LogP contribution in [-0.2, 0) is 0 Å². The second-order valence-electron chi connectivity index (χ2n) is 5.89. The zero-order valence-corrected chi connectivity index (χ0v) is 17.0. The molecule has 3 aromatic rings. The number of carbonyl (C=O) groups excluding carboxylic acids is 1. The zero-order chi connectivity index (χ0) is 19.6. The number of pyridine rings is 1. The monoisotopic (exact) mass is 430 g/mol. The van der Waals surface area contributed by atoms with Crippen LogP contribution in [0.4, 0.5) is 5.69 Å². The van der Waals surface area contributed by atoms with Crippen LogP contribution in [0.15, 0.2) is 41.0 Å². The molecule has 2 aromatic heterocycles. The number of anilines is 1. The maximum Gasteiger partial charge on any atom is 0.255 e. The van der Waals surface area contributed by atoms with Crippen molar-refractivity contribution in [2.75, 3.05) is 19.5 Å². The molecule has 3 rings (SSSR count). The molecule has 0 aliphatic heterocycles. The predicted molar refractivity (Wildman–Crippen MR) is 106 cm³/mol. The van der Waals surface area contributed by atoms with E-state index in [0.29, 0.717) is 33.0 Å². The summed E-state index contributed by atoms with van der Waals surface area (Å²) >= 11 is 3.39. The minimum absolute atomic E-state index is 0.292. The zero-order valence-electron chi connectivity index (χ0n) is 15.4. The van der Waals surface area contributed by atoms with Crippen LogP contribution < -0.4 is 14.8 Å². The first-order valence-corrected chi connectivity index (χ1v) is 8.94. The topological polar surface area (TPSA) is 78.3 Å². The Morgan fingerprint density at radius 2 is 1.78 bits per heavy atom. The third kappa shape index (κ3) is 3.95. The van der Waals surface area contributed by atoms with E-state index < -0.39 is 0 Å². The number of hydrogen-bond donors (Lipinski definition) is 1. The van der Waals surface area contributed by atoms with Crippen molar-refractivity contribution in [3.8, 4) is 17.3 Å². The first kappa shape index (κ1) is 18.9. The third-order valence-electron chi connectivity index (χ3n) is 3.94. The number of amides is 1. The molecule has 1 amide bonds. The SMILES string of the molecule is COc1cc(C(=O)Nc2ccc(-n3nc(C)cc3C)nc2)cc(OC)c1Br. The van der Waals surface area contributed by atoms with E-state index in [1.165, 1.54) is 14.2 Å². The summed E-state index contributed by atoms with van der Waals surface area (Å²) in [6.45, 7) is 3.89. The number of halogens is 1. The van der Waals surface area contributed by atoms with Crippen LogP contribution in [0, 0.1) is 13.8 Å². The highest BCUT2D eigenvalue weighted by Gasteiger charge is 2.15. The third-order valence-corrected chi connectivity index (χ3v) is 4.72. The largest absolute Gasteiger partial charge is 0.495 e. The Labute approximate surface area is 165 Å². The van der Waals surface area contributed by atoms with Crippen LogP contribution in [-0.4, -0.2) is 34.9 Å². The Balaban J connectivity index is 1.81. The van der Waals surface area contributed by atoms with Gasteiger partial charge in [0.05, 0.1) is 31.8 Å². The average Bonchev–Trinajstić information content (AvgIpc) is 3.00. The lowest BCUT2D eigenvalue weighted by Gasteiger charge is -2.12. The molecule has 140 valence electrons. The van der Waals surface area contributed by atoms with Crippen molar-refractivity contribution in [1.82, 2.24) is 14.8 Å². The average molecular weight is 431 g/mol. The molecule has 1 N–H and O–H groups in total. The Bertz CT molecular complexity index is 958. The van der Waals surface area contributed by atoms with Crippen LogP contribution in [0.5, 0.6) is 11.5 Å². The van der Waals surface area contributed by atoms with Crippen molar-refractivity contribution in [2.45, 2.75) is 13.8 Å². The van der Waals surface area contributed by atoms with E-state index in [2.05, 4.69) is 31.3 Å². The quantitative estimate of drug-likeness (QED) is 0.663. The lowest BCUT2D eigenvalue weighted by atomic mass is 10.2. The Morgan fingerprint density at radius 3 is 2.26 bits per heavy atom. The van der Waals surface area contributed by atoms with Crippen LogP contribution in [0.25, 0.3) is 5.82 Å². The highest BCUT2D eigenvalue weighted by molar-refractivity contribution is 9.10. The van der Waals surface area contributed by atoms with Gasteiger partial charge in [0.15, 0.2) is 5.82 Å². The summed E-state index contributed by atoms with van der Waals surface area (Å²) in [5.41, 5.74) is 2.90. The van der Waals surface area contributed by atoms with Crippen molar-refractivity contribution >= 4 is 27.5 Å². The first-order chi connectivity index (χ1) is 12.9. The number of nitrogens with zero attached hydrogens (tertiary/aromatic N) is 3. The maximum absolute atomic E-state index is 12.6. The van der Waals surface area contributed by atoms with Crippen LogP contribution >= 0.6 is 15.9 Å². The molecule has 0 aliphatic rings. The molecule has 7 nitrogen and oxygen atoms in total. The fraction of sp³-hybridized carbons (Fsp3) is 0.211. The minimum Gasteiger partial charge on any atom is -0.495 e. The van der Waals surface area contributed by atoms with Crippen LogP contribution in [0.3, 0.4) is 0 Å². The fourth-order valence-electron chi connectivity index (χ4n) is 2.65. The highest BCUT2D eigenvalue weighted by Crippen LogP contribution is 2.35. The van der Waals surface area contributed by atoms with Crippen LogP contribution in [0.2, 0.25) is 0 Å². The van der Waals surface area contributed by atoms with Crippen molar-refractivity contribution < 1.29 is 14.3 Å². The summed E-state index contributed by atoms with van der Waals surface area (Å²) < 4.78 is 13.0. The maximum atomic E-state index is 12.6. The molecule has 0 aliphatic carbocycles. The minimum atomic E-state index is -0.292. The van der Waals surface area contributed by atoms with E-state index in [-0.39, 0.29) is 5.91 Å². The standard InChI is InChI=1S/C19H19BrN4O3/c1-11-7-12(2)24(23-11)17-6-5-14(10-21-17)22-19(25)13-8-15(26-3)18(20)16(9-13)27-4/h5-10H,1-4H3,(H,22,25). The number of benzene rings is 1. The van der Waals surface area contributed by atoms with Gasteiger partial charge in [-0.15, -0.1) is 0 Å². The van der Waals surface area contributed by atoms with Gasteiger partial charge in [-0.3, -0.25) is 4.79 Å². The number of carbonyl (C=O) groups is 1. The molecule has 0 radical (unpaired) electrons. The van der Waals surface area contributed by atoms with Gasteiger partial charge in [0, 0.05) is 11.3 Å². The van der Waals surface area contributed by atoms with Gasteiger partial charge in [-0.05, 0) is 60.1 Å². The summed E-state index contributed by atoms with van der Waals surface area (Å²) in [4.78, 5) is 17.0. The number of aromatic nitrogens is 3. The van der Waals surface area contributed by atoms with E-state index in [1.807, 2.05) is 19.9 Å². The number of rotatable bonds is 5. The van der Waals surface area contributed by atoms with Gasteiger partial charge in [-0.25, -0.2) is 9.67 Å². The lowest BCUT2D eigenvalue weighted by molar-refractivity contribution is 0.102. The fourth-order valence-corrected chi connectivity index (χ4v) is 3.20. The van der Waals surface area contributed by atoms with Gasteiger partial charge in [-0.1, -0.05) is 0 Å². The Kier molecular flexibility index (Phi) is 5.46. The number of methoxy groups -OCH3 is 2. The second kappa shape index (κ2) is 7.79. The van der Waals surface area contributed by atoms with Gasteiger partial charge in [0.1, 0.15) is 16.0 Å². The summed E-state index contributed by atoms with van der Waals surface area (Å²) in [5, 5.41) is 7.22. The van der Waals surface area contributed by atoms with E-state index >= 15 is 0 Å². The molecule has 0 saturated carbocycles. The molecule has 27 heavy (non-hydrogen) atoms. The van der Waals surface area contributed by atoms with Gasteiger partial charge >= 0.3 is 0 Å². The normalized spacial score (nSPS) is 10.6. The van der Waals surface area contributed by atoms with Gasteiger partial charge in [-0.2, -0.15) is 5.10 Å². The van der Waals surface area contributed by atoms with E-state index in [1.54, 1.807) is 35.1 Å². The molecule has 0 fully saturated rings. The van der Waals surface area contributed by atoms with Crippen molar-refractivity contribution in [2.24, 2.45) is 0 Å². The molecule has 0 unspecified atom stereocenters. The first-order valence-electron chi connectivity index (χ1n) is 8.15.